The fraction of sp³-hybridized carbons (Fsp3) is 1.00. The molecule has 2 N–H and O–H groups in total. The summed E-state index contributed by atoms with van der Waals surface area (Å²) in [4.78, 5) is 3.36. The average molecular weight is 300 g/mol. The summed E-state index contributed by atoms with van der Waals surface area (Å²) in [5.41, 5.74) is 0. The summed E-state index contributed by atoms with van der Waals surface area (Å²) < 4.78 is 25.8. The third-order valence-electron chi connectivity index (χ3n) is 3.00. The van der Waals surface area contributed by atoms with Gasteiger partial charge in [-0.1, -0.05) is 0 Å². The van der Waals surface area contributed by atoms with Crippen molar-refractivity contribution in [3.05, 3.63) is 0 Å². The van der Waals surface area contributed by atoms with Crippen LogP contribution in [0.5, 0.6) is 0 Å². The van der Waals surface area contributed by atoms with Crippen LogP contribution in [0.2, 0.25) is 0 Å². The van der Waals surface area contributed by atoms with Crippen LogP contribution in [0.15, 0.2) is 0 Å². The van der Waals surface area contributed by atoms with Gasteiger partial charge in [0.05, 0.1) is 39.3 Å². The van der Waals surface area contributed by atoms with E-state index in [1.807, 2.05) is 0 Å². The van der Waals surface area contributed by atoms with Gasteiger partial charge in [-0.05, 0) is 41.5 Å². The molecular formula is C12H32N2O3Ti. The van der Waals surface area contributed by atoms with E-state index in [0.717, 1.165) is 0 Å². The first kappa shape index (κ1) is 23.4. The van der Waals surface area contributed by atoms with E-state index in [4.69, 9.17) is 10.7 Å². The van der Waals surface area contributed by atoms with Crippen molar-refractivity contribution in [2.24, 2.45) is 0 Å². The number of rotatable bonds is 6. The van der Waals surface area contributed by atoms with Crippen molar-refractivity contribution in [3.63, 3.8) is 0 Å². The van der Waals surface area contributed by atoms with Crippen molar-refractivity contribution in [2.45, 2.75) is 41.5 Å². The van der Waals surface area contributed by atoms with E-state index in [9.17, 15) is 0 Å². The monoisotopic (exact) mass is 300 g/mol. The van der Waals surface area contributed by atoms with Crippen LogP contribution in [0.1, 0.15) is 41.5 Å². The molecule has 0 aliphatic rings. The zero-order valence-corrected chi connectivity index (χ0v) is 14.5. The minimum absolute atomic E-state index is 1.27. The van der Waals surface area contributed by atoms with Gasteiger partial charge in [-0.15, -0.1) is 0 Å². The predicted molar refractivity (Wildman–Crippen MR) is 65.9 cm³/mol. The molecule has 0 rings (SSSR count). The number of quaternary nitrogens is 2. The topological polar surface area (TPSA) is 72.1 Å². The van der Waals surface area contributed by atoms with Gasteiger partial charge >= 0.3 is 29.3 Å². The SMILES string of the molecule is CC[NH+](CC)CC.CC[NH+](CC)CC.[O]=[Ti]([O-])[O-]. The quantitative estimate of drug-likeness (QED) is 0.527. The van der Waals surface area contributed by atoms with Gasteiger partial charge in [-0.3, -0.25) is 0 Å². The number of hydrogen-bond acceptors (Lipinski definition) is 3. The molecule has 0 fully saturated rings. The van der Waals surface area contributed by atoms with E-state index in [0.29, 0.717) is 0 Å². The first-order valence-electron chi connectivity index (χ1n) is 6.98. The van der Waals surface area contributed by atoms with Gasteiger partial charge < -0.3 is 9.80 Å². The summed E-state index contributed by atoms with van der Waals surface area (Å²) in [6.45, 7) is 21.0. The zero-order chi connectivity index (χ0) is 15.0. The van der Waals surface area contributed by atoms with E-state index in [-0.39, 0.29) is 0 Å². The van der Waals surface area contributed by atoms with Crippen LogP contribution in [-0.2, 0) is 21.9 Å². The third-order valence-corrected chi connectivity index (χ3v) is 3.00. The molecule has 0 aromatic rings. The van der Waals surface area contributed by atoms with Crippen LogP contribution in [0.3, 0.4) is 0 Å². The summed E-state index contributed by atoms with van der Waals surface area (Å²) in [6.07, 6.45) is 0. The third kappa shape index (κ3) is 25.3. The van der Waals surface area contributed by atoms with E-state index in [1.54, 1.807) is 9.80 Å². The van der Waals surface area contributed by atoms with Gasteiger partial charge in [0, 0.05) is 0 Å². The molecule has 0 bridgehead atoms. The molecule has 0 saturated carbocycles. The molecule has 6 heteroatoms. The average Bonchev–Trinajstić information content (AvgIpc) is 2.34. The van der Waals surface area contributed by atoms with E-state index < -0.39 is 18.6 Å². The predicted octanol–water partition coefficient (Wildman–Crippen LogP) is -2.64. The van der Waals surface area contributed by atoms with Crippen LogP contribution in [0.25, 0.3) is 0 Å². The Kier molecular flexibility index (Phi) is 25.6. The number of nitrogens with one attached hydrogen (secondary N) is 2. The molecule has 0 atom stereocenters. The molecule has 0 radical (unpaired) electrons. The van der Waals surface area contributed by atoms with Crippen LogP contribution in [-0.4, -0.2) is 39.3 Å². The Morgan fingerprint density at radius 2 is 0.778 bits per heavy atom. The molecule has 0 spiro atoms. The molecule has 0 aromatic heterocycles. The Bertz CT molecular complexity index is 136. The maximum atomic E-state index is 8.58. The maximum absolute atomic E-state index is 8.58. The zero-order valence-electron chi connectivity index (χ0n) is 13.0. The van der Waals surface area contributed by atoms with Crippen molar-refractivity contribution in [1.29, 1.82) is 0 Å². The van der Waals surface area contributed by atoms with Crippen molar-refractivity contribution in [1.82, 2.24) is 0 Å². The van der Waals surface area contributed by atoms with Gasteiger partial charge in [0.15, 0.2) is 0 Å². The van der Waals surface area contributed by atoms with Crippen molar-refractivity contribution in [2.75, 3.05) is 39.3 Å². The van der Waals surface area contributed by atoms with E-state index in [1.165, 1.54) is 39.3 Å². The van der Waals surface area contributed by atoms with E-state index in [2.05, 4.69) is 41.5 Å². The van der Waals surface area contributed by atoms with Crippen molar-refractivity contribution < 1.29 is 39.1 Å². The van der Waals surface area contributed by atoms with Crippen molar-refractivity contribution in [3.8, 4) is 0 Å². The summed E-state index contributed by atoms with van der Waals surface area (Å²) in [7, 11) is 0. The van der Waals surface area contributed by atoms with Gasteiger partial charge in [-0.2, -0.15) is 0 Å². The second-order valence-corrected chi connectivity index (χ2v) is 4.65. The fourth-order valence-electron chi connectivity index (χ4n) is 1.50. The Hall–Kier alpha value is 0.354. The molecule has 0 aromatic carbocycles. The Morgan fingerprint density at radius 3 is 0.778 bits per heavy atom. The van der Waals surface area contributed by atoms with Crippen LogP contribution in [0.4, 0.5) is 0 Å². The minimum atomic E-state index is -4.08. The summed E-state index contributed by atoms with van der Waals surface area (Å²) in [6, 6.07) is 0. The standard InChI is InChI=1S/2C6H15N.3O.Ti/c2*1-4-7(5-2)6-3;;;;/h2*4-6H2,1-3H3;;;;/q;;;2*-1;/p+2. The van der Waals surface area contributed by atoms with Crippen molar-refractivity contribution >= 4 is 0 Å². The second kappa shape index (κ2) is 19.7. The van der Waals surface area contributed by atoms with Crippen LogP contribution < -0.4 is 17.2 Å². The van der Waals surface area contributed by atoms with Crippen LogP contribution in [0, 0.1) is 0 Å². The normalized spacial score (nSPS) is 9.44. The first-order chi connectivity index (χ1) is 8.42. The summed E-state index contributed by atoms with van der Waals surface area (Å²) >= 11 is -4.08. The first-order valence-corrected chi connectivity index (χ1v) is 8.89. The molecule has 0 unspecified atom stereocenters. The molecule has 0 amide bonds. The van der Waals surface area contributed by atoms with Gasteiger partial charge in [0.1, 0.15) is 0 Å². The Morgan fingerprint density at radius 1 is 0.667 bits per heavy atom. The Labute approximate surface area is 120 Å². The molecule has 0 aliphatic heterocycles. The second-order valence-electron chi connectivity index (χ2n) is 3.87. The molecule has 18 heavy (non-hydrogen) atoms. The fourth-order valence-corrected chi connectivity index (χ4v) is 1.50. The van der Waals surface area contributed by atoms with E-state index >= 15 is 0 Å². The van der Waals surface area contributed by atoms with Gasteiger partial charge in [-0.25, -0.2) is 0 Å². The summed E-state index contributed by atoms with van der Waals surface area (Å²) in [5.74, 6) is 0. The molecule has 5 nitrogen and oxygen atoms in total. The van der Waals surface area contributed by atoms with Gasteiger partial charge in [0.2, 0.25) is 0 Å². The Balaban J connectivity index is -0.000000196. The molecule has 0 heterocycles. The molecule has 0 aliphatic carbocycles. The molecule has 112 valence electrons. The summed E-state index contributed by atoms with van der Waals surface area (Å²) in [5, 5.41) is 0. The number of hydrogen-bond donors (Lipinski definition) is 2. The molecular weight excluding hydrogens is 268 g/mol. The molecule has 0 saturated heterocycles. The van der Waals surface area contributed by atoms with Gasteiger partial charge in [0.25, 0.3) is 0 Å². The van der Waals surface area contributed by atoms with Crippen LogP contribution >= 0.6 is 0 Å².